The standard InChI is InChI=1S/3C2H6O.Al.Na.H/c3*1-2-3;;;/h3*3H,2H2,1H3;;;/q;;;;+1;-1. The van der Waals surface area contributed by atoms with Gasteiger partial charge in [0, 0.05) is 37.2 Å². The van der Waals surface area contributed by atoms with Crippen molar-refractivity contribution in [1.82, 2.24) is 0 Å². The monoisotopic (exact) mass is 189 g/mol. The third-order valence-corrected chi connectivity index (χ3v) is 0. The van der Waals surface area contributed by atoms with Crippen LogP contribution in [0.2, 0.25) is 0 Å². The van der Waals surface area contributed by atoms with Crippen LogP contribution in [0.15, 0.2) is 0 Å². The molecule has 0 fully saturated rings. The minimum atomic E-state index is 0. The Balaban J connectivity index is -0.00000001000. The molecule has 0 amide bonds. The summed E-state index contributed by atoms with van der Waals surface area (Å²) in [6.45, 7) is 5.79. The number of hydrogen-bond acceptors (Lipinski definition) is 3. The normalized spacial score (nSPS) is 4.91. The molecule has 0 aliphatic rings. The molecule has 65 valence electrons. The van der Waals surface area contributed by atoms with E-state index in [1.807, 2.05) is 0 Å². The number of hydrogen-bond donors (Lipinski definition) is 3. The summed E-state index contributed by atoms with van der Waals surface area (Å²) in [7, 11) is 0. The summed E-state index contributed by atoms with van der Waals surface area (Å²) in [6.07, 6.45) is 0. The molecule has 0 aliphatic heterocycles. The van der Waals surface area contributed by atoms with Crippen LogP contribution >= 0.6 is 0 Å². The van der Waals surface area contributed by atoms with E-state index in [4.69, 9.17) is 15.3 Å². The molecular formula is C6H19AlNaO3. The topological polar surface area (TPSA) is 60.7 Å². The van der Waals surface area contributed by atoms with Crippen LogP contribution < -0.4 is 29.6 Å². The molecule has 0 aromatic carbocycles. The van der Waals surface area contributed by atoms with Crippen molar-refractivity contribution in [3.63, 3.8) is 0 Å². The maximum atomic E-state index is 7.57. The van der Waals surface area contributed by atoms with Gasteiger partial charge < -0.3 is 16.7 Å². The van der Waals surface area contributed by atoms with Crippen LogP contribution in [0.4, 0.5) is 0 Å². The van der Waals surface area contributed by atoms with Gasteiger partial charge in [-0.1, -0.05) is 0 Å². The fourth-order valence-electron chi connectivity index (χ4n) is 0. The fourth-order valence-corrected chi connectivity index (χ4v) is 0. The third kappa shape index (κ3) is 507. The Morgan fingerprint density at radius 2 is 0.818 bits per heavy atom. The van der Waals surface area contributed by atoms with Crippen molar-refractivity contribution in [2.24, 2.45) is 0 Å². The Kier molecular flexibility index (Phi) is 170. The van der Waals surface area contributed by atoms with Crippen LogP contribution in [-0.2, 0) is 0 Å². The van der Waals surface area contributed by atoms with Gasteiger partial charge in [0.05, 0.1) is 0 Å². The van der Waals surface area contributed by atoms with Crippen molar-refractivity contribution in [2.45, 2.75) is 20.8 Å². The van der Waals surface area contributed by atoms with Crippen LogP contribution in [0, 0.1) is 0 Å². The first-order valence-electron chi connectivity index (χ1n) is 3.07. The molecule has 3 N–H and O–H groups in total. The van der Waals surface area contributed by atoms with Gasteiger partial charge in [-0.3, -0.25) is 0 Å². The van der Waals surface area contributed by atoms with E-state index in [9.17, 15) is 0 Å². The maximum Gasteiger partial charge on any atom is 1.00 e. The smallest absolute Gasteiger partial charge is 1.00 e. The van der Waals surface area contributed by atoms with E-state index in [1.165, 1.54) is 0 Å². The summed E-state index contributed by atoms with van der Waals surface area (Å²) in [5.74, 6) is 0. The second-order valence-electron chi connectivity index (χ2n) is 0.949. The third-order valence-electron chi connectivity index (χ3n) is 0. The van der Waals surface area contributed by atoms with Gasteiger partial charge in [0.1, 0.15) is 0 Å². The molecule has 5 heteroatoms. The van der Waals surface area contributed by atoms with Crippen LogP contribution in [0.1, 0.15) is 22.2 Å². The first kappa shape index (κ1) is 29.4. The van der Waals surface area contributed by atoms with Crippen LogP contribution in [0.5, 0.6) is 0 Å². The molecule has 0 rings (SSSR count). The quantitative estimate of drug-likeness (QED) is 0.350. The summed E-state index contributed by atoms with van der Waals surface area (Å²) in [5.41, 5.74) is 0. The summed E-state index contributed by atoms with van der Waals surface area (Å²) < 4.78 is 0. The minimum Gasteiger partial charge on any atom is -1.00 e. The van der Waals surface area contributed by atoms with E-state index in [0.717, 1.165) is 0 Å². The first-order chi connectivity index (χ1) is 4.24. The van der Waals surface area contributed by atoms with E-state index in [2.05, 4.69) is 0 Å². The second kappa shape index (κ2) is 63.6. The molecule has 0 atom stereocenters. The summed E-state index contributed by atoms with van der Waals surface area (Å²) in [4.78, 5) is 0. The minimum absolute atomic E-state index is 0. The van der Waals surface area contributed by atoms with E-state index in [1.54, 1.807) is 20.8 Å². The van der Waals surface area contributed by atoms with Crippen LogP contribution in [0.25, 0.3) is 0 Å². The van der Waals surface area contributed by atoms with Crippen molar-refractivity contribution in [2.75, 3.05) is 19.8 Å². The van der Waals surface area contributed by atoms with Gasteiger partial charge in [0.25, 0.3) is 0 Å². The number of rotatable bonds is 0. The van der Waals surface area contributed by atoms with E-state index in [0.29, 0.717) is 0 Å². The van der Waals surface area contributed by atoms with Gasteiger partial charge >= 0.3 is 29.6 Å². The Bertz CT molecular complexity index is 27.5. The van der Waals surface area contributed by atoms with Gasteiger partial charge in [0.15, 0.2) is 0 Å². The SMILES string of the molecule is CCO.CCO.CCO.[Al].[H-].[Na+]. The molecular weight excluding hydrogens is 170 g/mol. The van der Waals surface area contributed by atoms with Gasteiger partial charge in [-0.15, -0.1) is 0 Å². The largest absolute Gasteiger partial charge is 1.00 e. The second-order valence-corrected chi connectivity index (χ2v) is 0.949. The molecule has 0 heterocycles. The van der Waals surface area contributed by atoms with Crippen LogP contribution in [-0.4, -0.2) is 52.5 Å². The van der Waals surface area contributed by atoms with Crippen molar-refractivity contribution >= 4 is 17.4 Å². The van der Waals surface area contributed by atoms with E-state index >= 15 is 0 Å². The van der Waals surface area contributed by atoms with Crippen LogP contribution in [0.3, 0.4) is 0 Å². The Labute approximate surface area is 104 Å². The molecule has 0 saturated heterocycles. The van der Waals surface area contributed by atoms with E-state index in [-0.39, 0.29) is 68.2 Å². The van der Waals surface area contributed by atoms with Gasteiger partial charge in [-0.05, 0) is 20.8 Å². The molecule has 0 aliphatic carbocycles. The van der Waals surface area contributed by atoms with Gasteiger partial charge in [0.2, 0.25) is 0 Å². The van der Waals surface area contributed by atoms with E-state index < -0.39 is 0 Å². The zero-order valence-electron chi connectivity index (χ0n) is 9.04. The summed E-state index contributed by atoms with van der Waals surface area (Å²) in [6, 6.07) is 0. The summed E-state index contributed by atoms with van der Waals surface area (Å²) >= 11 is 0. The number of aliphatic hydroxyl groups is 3. The summed E-state index contributed by atoms with van der Waals surface area (Å²) in [5, 5.41) is 22.7. The predicted octanol–water partition coefficient (Wildman–Crippen LogP) is -3.27. The Hall–Kier alpha value is 1.41. The molecule has 0 saturated carbocycles. The predicted molar refractivity (Wildman–Crippen MR) is 45.1 cm³/mol. The molecule has 0 aromatic rings. The zero-order valence-corrected chi connectivity index (χ0v) is 11.2. The molecule has 3 radical (unpaired) electrons. The van der Waals surface area contributed by atoms with Crippen molar-refractivity contribution in [3.8, 4) is 0 Å². The molecule has 3 nitrogen and oxygen atoms in total. The van der Waals surface area contributed by atoms with Gasteiger partial charge in [-0.2, -0.15) is 0 Å². The number of aliphatic hydroxyl groups excluding tert-OH is 3. The molecule has 0 spiro atoms. The van der Waals surface area contributed by atoms with Crippen molar-refractivity contribution in [3.05, 3.63) is 0 Å². The van der Waals surface area contributed by atoms with Crippen molar-refractivity contribution < 1.29 is 46.3 Å². The Morgan fingerprint density at radius 1 is 0.818 bits per heavy atom. The molecule has 0 bridgehead atoms. The van der Waals surface area contributed by atoms with Crippen molar-refractivity contribution in [1.29, 1.82) is 0 Å². The fraction of sp³-hybridized carbons (Fsp3) is 1.00. The average Bonchev–Trinajstić information content (AvgIpc) is 1.70. The molecule has 0 unspecified atom stereocenters. The Morgan fingerprint density at radius 3 is 0.818 bits per heavy atom. The first-order valence-corrected chi connectivity index (χ1v) is 3.07. The van der Waals surface area contributed by atoms with Gasteiger partial charge in [-0.25, -0.2) is 0 Å². The molecule has 0 aromatic heterocycles. The zero-order chi connectivity index (χ0) is 8.12. The average molecular weight is 189 g/mol. The maximum absolute atomic E-state index is 7.57. The molecule has 11 heavy (non-hydrogen) atoms.